The van der Waals surface area contributed by atoms with Crippen LogP contribution in [0.1, 0.15) is 29.7 Å². The molecule has 0 radical (unpaired) electrons. The monoisotopic (exact) mass is 260 g/mol. The van der Waals surface area contributed by atoms with E-state index in [4.69, 9.17) is 4.74 Å². The number of ether oxygens (including phenoxy) is 1. The second kappa shape index (κ2) is 5.85. The SMILES string of the molecule is CCOc1ccc(C(O)c2ccc(F)c(C)c2)cc1. The highest BCUT2D eigenvalue weighted by molar-refractivity contribution is 5.35. The number of aliphatic hydroxyl groups excluding tert-OH is 1. The molecule has 0 aliphatic rings. The number of benzene rings is 2. The summed E-state index contributed by atoms with van der Waals surface area (Å²) in [5, 5.41) is 10.3. The molecular weight excluding hydrogens is 243 g/mol. The Hall–Kier alpha value is -1.87. The highest BCUT2D eigenvalue weighted by Crippen LogP contribution is 2.25. The maximum Gasteiger partial charge on any atom is 0.126 e. The lowest BCUT2D eigenvalue weighted by atomic mass is 10.00. The first-order valence-corrected chi connectivity index (χ1v) is 6.28. The zero-order valence-corrected chi connectivity index (χ0v) is 11.1. The summed E-state index contributed by atoms with van der Waals surface area (Å²) in [7, 11) is 0. The smallest absolute Gasteiger partial charge is 0.126 e. The van der Waals surface area contributed by atoms with E-state index < -0.39 is 6.10 Å². The Morgan fingerprint density at radius 1 is 1.11 bits per heavy atom. The minimum absolute atomic E-state index is 0.261. The predicted molar refractivity (Wildman–Crippen MR) is 72.8 cm³/mol. The third-order valence-corrected chi connectivity index (χ3v) is 3.00. The first-order valence-electron chi connectivity index (χ1n) is 6.28. The van der Waals surface area contributed by atoms with Crippen LogP contribution in [0.5, 0.6) is 5.75 Å². The third-order valence-electron chi connectivity index (χ3n) is 3.00. The summed E-state index contributed by atoms with van der Waals surface area (Å²) in [6.07, 6.45) is -0.755. The summed E-state index contributed by atoms with van der Waals surface area (Å²) in [5.74, 6) is 0.511. The fourth-order valence-electron chi connectivity index (χ4n) is 1.94. The van der Waals surface area contributed by atoms with Crippen molar-refractivity contribution in [2.24, 2.45) is 0 Å². The van der Waals surface area contributed by atoms with E-state index in [1.807, 2.05) is 31.2 Å². The van der Waals surface area contributed by atoms with Gasteiger partial charge >= 0.3 is 0 Å². The molecule has 0 heterocycles. The number of halogens is 1. The Morgan fingerprint density at radius 3 is 2.32 bits per heavy atom. The van der Waals surface area contributed by atoms with E-state index in [0.717, 1.165) is 11.3 Å². The lowest BCUT2D eigenvalue weighted by molar-refractivity contribution is 0.220. The molecule has 3 heteroatoms. The predicted octanol–water partition coefficient (Wildman–Crippen LogP) is 3.61. The maximum atomic E-state index is 13.2. The quantitative estimate of drug-likeness (QED) is 0.909. The van der Waals surface area contributed by atoms with Gasteiger partial charge in [-0.05, 0) is 48.7 Å². The van der Waals surface area contributed by atoms with Crippen molar-refractivity contribution in [1.82, 2.24) is 0 Å². The van der Waals surface area contributed by atoms with Gasteiger partial charge in [0.1, 0.15) is 17.7 Å². The van der Waals surface area contributed by atoms with E-state index in [0.29, 0.717) is 17.7 Å². The van der Waals surface area contributed by atoms with E-state index in [-0.39, 0.29) is 5.82 Å². The summed E-state index contributed by atoms with van der Waals surface area (Å²) >= 11 is 0. The van der Waals surface area contributed by atoms with Gasteiger partial charge in [0.2, 0.25) is 0 Å². The van der Waals surface area contributed by atoms with E-state index in [1.54, 1.807) is 19.1 Å². The number of aryl methyl sites for hydroxylation is 1. The van der Waals surface area contributed by atoms with Gasteiger partial charge in [0.15, 0.2) is 0 Å². The Labute approximate surface area is 112 Å². The van der Waals surface area contributed by atoms with Crippen LogP contribution in [0, 0.1) is 12.7 Å². The number of hydrogen-bond donors (Lipinski definition) is 1. The van der Waals surface area contributed by atoms with Gasteiger partial charge in [-0.2, -0.15) is 0 Å². The van der Waals surface area contributed by atoms with Crippen LogP contribution in [0.3, 0.4) is 0 Å². The highest BCUT2D eigenvalue weighted by atomic mass is 19.1. The molecule has 0 aliphatic carbocycles. The zero-order chi connectivity index (χ0) is 13.8. The summed E-state index contributed by atoms with van der Waals surface area (Å²) < 4.78 is 18.6. The van der Waals surface area contributed by atoms with Gasteiger partial charge in [0.05, 0.1) is 6.61 Å². The molecule has 0 aromatic heterocycles. The van der Waals surface area contributed by atoms with E-state index >= 15 is 0 Å². The molecule has 19 heavy (non-hydrogen) atoms. The van der Waals surface area contributed by atoms with Gasteiger partial charge in [-0.3, -0.25) is 0 Å². The highest BCUT2D eigenvalue weighted by Gasteiger charge is 2.11. The van der Waals surface area contributed by atoms with Crippen molar-refractivity contribution in [3.8, 4) is 5.75 Å². The minimum Gasteiger partial charge on any atom is -0.494 e. The molecule has 0 bridgehead atoms. The topological polar surface area (TPSA) is 29.5 Å². The van der Waals surface area contributed by atoms with E-state index in [2.05, 4.69) is 0 Å². The van der Waals surface area contributed by atoms with Crippen LogP contribution < -0.4 is 4.74 Å². The molecule has 1 N–H and O–H groups in total. The molecule has 2 aromatic rings. The van der Waals surface area contributed by atoms with Crippen molar-refractivity contribution in [3.63, 3.8) is 0 Å². The first kappa shape index (κ1) is 13.6. The number of hydrogen-bond acceptors (Lipinski definition) is 2. The lowest BCUT2D eigenvalue weighted by Gasteiger charge is -2.13. The lowest BCUT2D eigenvalue weighted by Crippen LogP contribution is -2.01. The summed E-state index contributed by atoms with van der Waals surface area (Å²) in [6, 6.07) is 11.9. The van der Waals surface area contributed by atoms with Gasteiger partial charge in [0, 0.05) is 0 Å². The summed E-state index contributed by atoms with van der Waals surface area (Å²) in [4.78, 5) is 0. The zero-order valence-electron chi connectivity index (χ0n) is 11.1. The number of rotatable bonds is 4. The summed E-state index contributed by atoms with van der Waals surface area (Å²) in [5.41, 5.74) is 1.97. The molecule has 0 saturated carbocycles. The minimum atomic E-state index is -0.755. The second-order valence-corrected chi connectivity index (χ2v) is 4.41. The molecule has 0 amide bonds. The van der Waals surface area contributed by atoms with Crippen molar-refractivity contribution in [1.29, 1.82) is 0 Å². The molecule has 0 fully saturated rings. The van der Waals surface area contributed by atoms with Gasteiger partial charge in [-0.25, -0.2) is 4.39 Å². The van der Waals surface area contributed by atoms with Crippen LogP contribution >= 0.6 is 0 Å². The molecule has 1 atom stereocenters. The molecule has 2 nitrogen and oxygen atoms in total. The first-order chi connectivity index (χ1) is 9.11. The van der Waals surface area contributed by atoms with Crippen LogP contribution in [0.4, 0.5) is 4.39 Å². The fraction of sp³-hybridized carbons (Fsp3) is 0.250. The molecule has 1 unspecified atom stereocenters. The largest absolute Gasteiger partial charge is 0.494 e. The van der Waals surface area contributed by atoms with Crippen molar-refractivity contribution < 1.29 is 14.2 Å². The van der Waals surface area contributed by atoms with Crippen LogP contribution in [-0.4, -0.2) is 11.7 Å². The Balaban J connectivity index is 2.22. The van der Waals surface area contributed by atoms with Crippen molar-refractivity contribution in [2.75, 3.05) is 6.61 Å². The summed E-state index contributed by atoms with van der Waals surface area (Å²) in [6.45, 7) is 4.22. The Kier molecular flexibility index (Phi) is 4.17. The molecular formula is C16H17FO2. The molecule has 0 spiro atoms. The van der Waals surface area contributed by atoms with Gasteiger partial charge in [-0.1, -0.05) is 24.3 Å². The molecule has 2 rings (SSSR count). The number of aliphatic hydroxyl groups is 1. The van der Waals surface area contributed by atoms with Crippen LogP contribution in [0.15, 0.2) is 42.5 Å². The van der Waals surface area contributed by atoms with Gasteiger partial charge < -0.3 is 9.84 Å². The standard InChI is InChI=1S/C16H17FO2/c1-3-19-14-7-4-12(5-8-14)16(18)13-6-9-15(17)11(2)10-13/h4-10,16,18H,3H2,1-2H3. The third kappa shape index (κ3) is 3.12. The van der Waals surface area contributed by atoms with Crippen molar-refractivity contribution >= 4 is 0 Å². The van der Waals surface area contributed by atoms with Crippen LogP contribution in [0.25, 0.3) is 0 Å². The van der Waals surface area contributed by atoms with Crippen LogP contribution in [-0.2, 0) is 0 Å². The molecule has 0 saturated heterocycles. The normalized spacial score (nSPS) is 12.2. The molecule has 0 aliphatic heterocycles. The van der Waals surface area contributed by atoms with Crippen LogP contribution in [0.2, 0.25) is 0 Å². The van der Waals surface area contributed by atoms with E-state index in [1.165, 1.54) is 6.07 Å². The fourth-order valence-corrected chi connectivity index (χ4v) is 1.94. The average Bonchev–Trinajstić information content (AvgIpc) is 2.42. The average molecular weight is 260 g/mol. The molecule has 2 aromatic carbocycles. The van der Waals surface area contributed by atoms with Gasteiger partial charge in [0.25, 0.3) is 0 Å². The Morgan fingerprint density at radius 2 is 1.74 bits per heavy atom. The van der Waals surface area contributed by atoms with Crippen molar-refractivity contribution in [3.05, 3.63) is 65.0 Å². The molecule has 100 valence electrons. The van der Waals surface area contributed by atoms with Crippen molar-refractivity contribution in [2.45, 2.75) is 20.0 Å². The Bertz CT molecular complexity index is 549. The maximum absolute atomic E-state index is 13.2. The van der Waals surface area contributed by atoms with Gasteiger partial charge in [-0.15, -0.1) is 0 Å². The second-order valence-electron chi connectivity index (χ2n) is 4.41. The van der Waals surface area contributed by atoms with E-state index in [9.17, 15) is 9.50 Å².